The number of anilines is 1. The third-order valence-corrected chi connectivity index (χ3v) is 2.94. The minimum atomic E-state index is -0.696. The SMILES string of the molecule is Cc1cccc(C)c1NC(=O)CCCC(C)(C)O. The molecule has 2 N–H and O–H groups in total. The monoisotopic (exact) mass is 249 g/mol. The Morgan fingerprint density at radius 3 is 2.33 bits per heavy atom. The Kier molecular flexibility index (Phi) is 4.91. The molecule has 3 nitrogen and oxygen atoms in total. The fourth-order valence-corrected chi connectivity index (χ4v) is 1.90. The van der Waals surface area contributed by atoms with Gasteiger partial charge in [-0.1, -0.05) is 18.2 Å². The standard InChI is InChI=1S/C15H23NO2/c1-11-7-5-8-12(2)14(11)16-13(17)9-6-10-15(3,4)18/h5,7-8,18H,6,9-10H2,1-4H3,(H,16,17). The van der Waals surface area contributed by atoms with E-state index in [1.807, 2.05) is 32.0 Å². The molecule has 0 aliphatic carbocycles. The molecule has 1 amide bonds. The van der Waals surface area contributed by atoms with E-state index < -0.39 is 5.60 Å². The van der Waals surface area contributed by atoms with E-state index >= 15 is 0 Å². The lowest BCUT2D eigenvalue weighted by atomic mass is 10.0. The van der Waals surface area contributed by atoms with E-state index in [0.717, 1.165) is 16.8 Å². The van der Waals surface area contributed by atoms with Crippen molar-refractivity contribution in [3.63, 3.8) is 0 Å². The topological polar surface area (TPSA) is 49.3 Å². The van der Waals surface area contributed by atoms with Crippen molar-refractivity contribution in [2.75, 3.05) is 5.32 Å². The number of carbonyl (C=O) groups is 1. The number of nitrogens with one attached hydrogen (secondary N) is 1. The van der Waals surface area contributed by atoms with Crippen LogP contribution in [0.15, 0.2) is 18.2 Å². The van der Waals surface area contributed by atoms with Gasteiger partial charge in [0.05, 0.1) is 5.60 Å². The number of hydrogen-bond donors (Lipinski definition) is 2. The molecule has 0 heterocycles. The molecule has 0 aliphatic rings. The molecule has 18 heavy (non-hydrogen) atoms. The molecular weight excluding hydrogens is 226 g/mol. The molecule has 1 aromatic rings. The molecule has 0 fully saturated rings. The largest absolute Gasteiger partial charge is 0.390 e. The summed E-state index contributed by atoms with van der Waals surface area (Å²) in [5.41, 5.74) is 2.36. The van der Waals surface area contributed by atoms with Crippen molar-refractivity contribution in [3.8, 4) is 0 Å². The van der Waals surface area contributed by atoms with Gasteiger partial charge in [0, 0.05) is 12.1 Å². The van der Waals surface area contributed by atoms with E-state index in [1.165, 1.54) is 0 Å². The molecule has 0 spiro atoms. The predicted molar refractivity (Wildman–Crippen MR) is 74.7 cm³/mol. The van der Waals surface area contributed by atoms with Crippen LogP contribution in [0.4, 0.5) is 5.69 Å². The predicted octanol–water partition coefficient (Wildman–Crippen LogP) is 3.18. The van der Waals surface area contributed by atoms with Crippen molar-refractivity contribution >= 4 is 11.6 Å². The molecule has 0 saturated heterocycles. The smallest absolute Gasteiger partial charge is 0.224 e. The van der Waals surface area contributed by atoms with Crippen LogP contribution in [-0.2, 0) is 4.79 Å². The van der Waals surface area contributed by atoms with Gasteiger partial charge >= 0.3 is 0 Å². The third-order valence-electron chi connectivity index (χ3n) is 2.94. The average Bonchev–Trinajstić information content (AvgIpc) is 2.22. The highest BCUT2D eigenvalue weighted by atomic mass is 16.3. The molecular formula is C15H23NO2. The van der Waals surface area contributed by atoms with Gasteiger partial charge in [0.2, 0.25) is 5.91 Å². The fraction of sp³-hybridized carbons (Fsp3) is 0.533. The summed E-state index contributed by atoms with van der Waals surface area (Å²) in [6.07, 6.45) is 1.77. The molecule has 0 atom stereocenters. The lowest BCUT2D eigenvalue weighted by Crippen LogP contribution is -2.20. The van der Waals surface area contributed by atoms with Gasteiger partial charge in [-0.15, -0.1) is 0 Å². The molecule has 1 rings (SSSR count). The summed E-state index contributed by atoms with van der Waals surface area (Å²) in [7, 11) is 0. The maximum atomic E-state index is 11.8. The van der Waals surface area contributed by atoms with Crippen LogP contribution in [0.3, 0.4) is 0 Å². The number of benzene rings is 1. The van der Waals surface area contributed by atoms with Crippen LogP contribution >= 0.6 is 0 Å². The number of para-hydroxylation sites is 1. The second-order valence-electron chi connectivity index (χ2n) is 5.48. The van der Waals surface area contributed by atoms with Crippen molar-refractivity contribution in [2.24, 2.45) is 0 Å². The first-order valence-electron chi connectivity index (χ1n) is 6.38. The zero-order valence-corrected chi connectivity index (χ0v) is 11.7. The molecule has 0 unspecified atom stereocenters. The lowest BCUT2D eigenvalue weighted by Gasteiger charge is -2.16. The second-order valence-corrected chi connectivity index (χ2v) is 5.48. The van der Waals surface area contributed by atoms with Crippen LogP contribution in [0.2, 0.25) is 0 Å². The highest BCUT2D eigenvalue weighted by molar-refractivity contribution is 5.92. The van der Waals surface area contributed by atoms with Crippen molar-refractivity contribution in [3.05, 3.63) is 29.3 Å². The quantitative estimate of drug-likeness (QED) is 0.842. The Balaban J connectivity index is 2.50. The Hall–Kier alpha value is -1.35. The fourth-order valence-electron chi connectivity index (χ4n) is 1.90. The third kappa shape index (κ3) is 4.88. The number of aliphatic hydroxyl groups is 1. The molecule has 0 bridgehead atoms. The average molecular weight is 249 g/mol. The van der Waals surface area contributed by atoms with Gasteiger partial charge in [0.1, 0.15) is 0 Å². The van der Waals surface area contributed by atoms with Crippen molar-refractivity contribution in [1.82, 2.24) is 0 Å². The van der Waals surface area contributed by atoms with Crippen molar-refractivity contribution < 1.29 is 9.90 Å². The van der Waals surface area contributed by atoms with E-state index in [2.05, 4.69) is 5.32 Å². The van der Waals surface area contributed by atoms with Crippen LogP contribution in [0, 0.1) is 13.8 Å². The number of hydrogen-bond acceptors (Lipinski definition) is 2. The van der Waals surface area contributed by atoms with Crippen LogP contribution in [0.5, 0.6) is 0 Å². The van der Waals surface area contributed by atoms with Gasteiger partial charge in [-0.2, -0.15) is 0 Å². The summed E-state index contributed by atoms with van der Waals surface area (Å²) in [6.45, 7) is 7.49. The first-order valence-corrected chi connectivity index (χ1v) is 6.38. The number of aryl methyl sites for hydroxylation is 2. The summed E-state index contributed by atoms with van der Waals surface area (Å²) < 4.78 is 0. The summed E-state index contributed by atoms with van der Waals surface area (Å²) in [6, 6.07) is 5.95. The van der Waals surface area contributed by atoms with Gasteiger partial charge < -0.3 is 10.4 Å². The molecule has 0 aromatic heterocycles. The highest BCUT2D eigenvalue weighted by Crippen LogP contribution is 2.20. The molecule has 0 saturated carbocycles. The van der Waals surface area contributed by atoms with E-state index in [1.54, 1.807) is 13.8 Å². The van der Waals surface area contributed by atoms with E-state index in [-0.39, 0.29) is 5.91 Å². The lowest BCUT2D eigenvalue weighted by molar-refractivity contribution is -0.116. The Morgan fingerprint density at radius 1 is 1.28 bits per heavy atom. The van der Waals surface area contributed by atoms with E-state index in [4.69, 9.17) is 0 Å². The molecule has 0 radical (unpaired) electrons. The zero-order valence-electron chi connectivity index (χ0n) is 11.7. The van der Waals surface area contributed by atoms with Crippen LogP contribution < -0.4 is 5.32 Å². The first-order chi connectivity index (χ1) is 8.29. The second kappa shape index (κ2) is 6.01. The summed E-state index contributed by atoms with van der Waals surface area (Å²) in [5.74, 6) is 0.0108. The minimum absolute atomic E-state index is 0.0108. The Bertz CT molecular complexity index is 399. The maximum Gasteiger partial charge on any atom is 0.224 e. The Labute approximate surface area is 109 Å². The Morgan fingerprint density at radius 2 is 1.83 bits per heavy atom. The molecule has 0 aliphatic heterocycles. The van der Waals surface area contributed by atoms with Gasteiger partial charge in [-0.05, 0) is 51.7 Å². The van der Waals surface area contributed by atoms with Gasteiger partial charge in [-0.25, -0.2) is 0 Å². The summed E-state index contributed by atoms with van der Waals surface area (Å²) in [5, 5.41) is 12.5. The van der Waals surface area contributed by atoms with Crippen molar-refractivity contribution in [2.45, 2.75) is 52.6 Å². The number of rotatable bonds is 5. The summed E-state index contributed by atoms with van der Waals surface area (Å²) in [4.78, 5) is 11.8. The van der Waals surface area contributed by atoms with E-state index in [9.17, 15) is 9.90 Å². The summed E-state index contributed by atoms with van der Waals surface area (Å²) >= 11 is 0. The van der Waals surface area contributed by atoms with Gasteiger partial charge in [0.25, 0.3) is 0 Å². The normalized spacial score (nSPS) is 11.4. The zero-order chi connectivity index (χ0) is 13.8. The van der Waals surface area contributed by atoms with Gasteiger partial charge in [-0.3, -0.25) is 4.79 Å². The molecule has 1 aromatic carbocycles. The highest BCUT2D eigenvalue weighted by Gasteiger charge is 2.13. The van der Waals surface area contributed by atoms with Crippen LogP contribution in [0.1, 0.15) is 44.2 Å². The van der Waals surface area contributed by atoms with Crippen molar-refractivity contribution in [1.29, 1.82) is 0 Å². The van der Waals surface area contributed by atoms with E-state index in [0.29, 0.717) is 19.3 Å². The minimum Gasteiger partial charge on any atom is -0.390 e. The number of carbonyl (C=O) groups excluding carboxylic acids is 1. The van der Waals surface area contributed by atoms with Crippen LogP contribution in [-0.4, -0.2) is 16.6 Å². The molecule has 3 heteroatoms. The van der Waals surface area contributed by atoms with Gasteiger partial charge in [0.15, 0.2) is 0 Å². The maximum absolute atomic E-state index is 11.8. The molecule has 100 valence electrons. The van der Waals surface area contributed by atoms with Crippen LogP contribution in [0.25, 0.3) is 0 Å². The first kappa shape index (κ1) is 14.7. The number of amides is 1.